The van der Waals surface area contributed by atoms with Crippen LogP contribution >= 0.6 is 0 Å². The molecule has 0 aromatic heterocycles. The lowest BCUT2D eigenvalue weighted by atomic mass is 9.98. The summed E-state index contributed by atoms with van der Waals surface area (Å²) in [6.45, 7) is 1.85. The number of benzene rings is 2. The van der Waals surface area contributed by atoms with Crippen molar-refractivity contribution in [3.05, 3.63) is 60.2 Å². The molecule has 3 amide bonds. The zero-order chi connectivity index (χ0) is 20.2. The number of hydrogen-bond acceptors (Lipinski definition) is 3. The molecule has 6 heteroatoms. The molecule has 29 heavy (non-hydrogen) atoms. The predicted octanol–water partition coefficient (Wildman–Crippen LogP) is 3.74. The molecule has 2 aromatic rings. The molecule has 0 radical (unpaired) electrons. The number of likely N-dealkylation sites (tertiary alicyclic amines) is 2. The van der Waals surface area contributed by atoms with Crippen LogP contribution < -0.4 is 10.1 Å². The Balaban J connectivity index is 1.47. The molecule has 0 spiro atoms. The van der Waals surface area contributed by atoms with Crippen LogP contribution in [0.3, 0.4) is 0 Å². The average Bonchev–Trinajstić information content (AvgIpc) is 3.11. The molecular formula is C23H27N3O3. The zero-order valence-corrected chi connectivity index (χ0v) is 16.7. The van der Waals surface area contributed by atoms with Crippen molar-refractivity contribution < 1.29 is 14.3 Å². The van der Waals surface area contributed by atoms with Gasteiger partial charge in [-0.05, 0) is 36.5 Å². The summed E-state index contributed by atoms with van der Waals surface area (Å²) in [5.74, 6) is 1.21. The van der Waals surface area contributed by atoms with E-state index < -0.39 is 0 Å². The number of rotatable bonds is 4. The van der Waals surface area contributed by atoms with Crippen LogP contribution in [0.25, 0.3) is 0 Å². The van der Waals surface area contributed by atoms with E-state index in [-0.39, 0.29) is 18.0 Å². The van der Waals surface area contributed by atoms with Gasteiger partial charge in [0, 0.05) is 37.8 Å². The average molecular weight is 393 g/mol. The van der Waals surface area contributed by atoms with Crippen LogP contribution in [-0.2, 0) is 11.3 Å². The molecule has 2 fully saturated rings. The van der Waals surface area contributed by atoms with Gasteiger partial charge in [-0.25, -0.2) is 4.79 Å². The summed E-state index contributed by atoms with van der Waals surface area (Å²) < 4.78 is 5.23. The second-order valence-electron chi connectivity index (χ2n) is 7.79. The lowest BCUT2D eigenvalue weighted by molar-refractivity contribution is -0.133. The Bertz CT molecular complexity index is 871. The summed E-state index contributed by atoms with van der Waals surface area (Å²) in [7, 11) is 1.60. The number of nitrogens with one attached hydrogen (secondary N) is 1. The third-order valence-corrected chi connectivity index (χ3v) is 5.90. The van der Waals surface area contributed by atoms with Gasteiger partial charge in [0.05, 0.1) is 13.2 Å². The van der Waals surface area contributed by atoms with Gasteiger partial charge in [0.2, 0.25) is 5.91 Å². The largest absolute Gasteiger partial charge is 0.497 e. The number of ether oxygens (including phenoxy) is 1. The van der Waals surface area contributed by atoms with Crippen LogP contribution in [0.15, 0.2) is 54.6 Å². The van der Waals surface area contributed by atoms with Crippen molar-refractivity contribution in [2.75, 3.05) is 25.5 Å². The fraction of sp³-hybridized carbons (Fsp3) is 0.391. The topological polar surface area (TPSA) is 61.9 Å². The number of amides is 3. The molecular weight excluding hydrogens is 366 g/mol. The van der Waals surface area contributed by atoms with E-state index in [0.717, 1.165) is 18.4 Å². The zero-order valence-electron chi connectivity index (χ0n) is 16.7. The first-order valence-corrected chi connectivity index (χ1v) is 10.2. The first kappa shape index (κ1) is 19.3. The highest BCUT2D eigenvalue weighted by atomic mass is 16.5. The highest BCUT2D eigenvalue weighted by molar-refractivity contribution is 5.90. The Labute approximate surface area is 171 Å². The molecule has 0 aliphatic carbocycles. The molecule has 2 aliphatic rings. The monoisotopic (exact) mass is 393 g/mol. The molecule has 2 heterocycles. The second-order valence-corrected chi connectivity index (χ2v) is 7.79. The van der Waals surface area contributed by atoms with Crippen LogP contribution in [-0.4, -0.2) is 48.0 Å². The van der Waals surface area contributed by atoms with Crippen molar-refractivity contribution in [1.29, 1.82) is 0 Å². The highest BCUT2D eigenvalue weighted by Gasteiger charge is 2.41. The standard InChI is InChI=1S/C23H27N3O3/c1-29-20-11-6-10-19(13-20)24-23(28)25-15-18-9-5-12-22(27)26(21(18)16-25)14-17-7-3-2-4-8-17/h2-4,6-8,10-11,13,18,21H,5,9,12,14-16H2,1H3,(H,24,28)/t18-,21+/m1/s1. The van der Waals surface area contributed by atoms with E-state index in [1.807, 2.05) is 46.2 Å². The number of fused-ring (bicyclic) bond motifs is 1. The summed E-state index contributed by atoms with van der Waals surface area (Å²) in [5, 5.41) is 2.96. The van der Waals surface area contributed by atoms with Crippen LogP contribution in [0.1, 0.15) is 24.8 Å². The minimum absolute atomic E-state index is 0.0706. The number of carbonyl (C=O) groups is 2. The van der Waals surface area contributed by atoms with E-state index in [0.29, 0.717) is 43.4 Å². The van der Waals surface area contributed by atoms with E-state index >= 15 is 0 Å². The van der Waals surface area contributed by atoms with Crippen LogP contribution in [0.4, 0.5) is 10.5 Å². The normalized spacial score (nSPS) is 21.5. The Hall–Kier alpha value is -3.02. The van der Waals surface area contributed by atoms with Gasteiger partial charge in [0.15, 0.2) is 0 Å². The van der Waals surface area contributed by atoms with Gasteiger partial charge in [-0.2, -0.15) is 0 Å². The van der Waals surface area contributed by atoms with Crippen molar-refractivity contribution in [2.45, 2.75) is 31.8 Å². The van der Waals surface area contributed by atoms with E-state index in [1.165, 1.54) is 0 Å². The van der Waals surface area contributed by atoms with Gasteiger partial charge in [0.1, 0.15) is 5.75 Å². The number of nitrogens with zero attached hydrogens (tertiary/aromatic N) is 2. The first-order valence-electron chi connectivity index (χ1n) is 10.2. The van der Waals surface area contributed by atoms with Crippen molar-refractivity contribution in [1.82, 2.24) is 9.80 Å². The van der Waals surface area contributed by atoms with Crippen LogP contribution in [0.5, 0.6) is 5.75 Å². The van der Waals surface area contributed by atoms with Gasteiger partial charge >= 0.3 is 6.03 Å². The van der Waals surface area contributed by atoms with Gasteiger partial charge in [-0.15, -0.1) is 0 Å². The minimum Gasteiger partial charge on any atom is -0.497 e. The summed E-state index contributed by atoms with van der Waals surface area (Å²) in [5.41, 5.74) is 1.83. The molecule has 1 N–H and O–H groups in total. The van der Waals surface area contributed by atoms with Crippen LogP contribution in [0.2, 0.25) is 0 Å². The van der Waals surface area contributed by atoms with Crippen molar-refractivity contribution in [3.8, 4) is 5.75 Å². The summed E-state index contributed by atoms with van der Waals surface area (Å²) in [4.78, 5) is 29.5. The Kier molecular flexibility index (Phi) is 5.69. The molecule has 0 unspecified atom stereocenters. The molecule has 2 atom stereocenters. The number of hydrogen-bond donors (Lipinski definition) is 1. The number of carbonyl (C=O) groups excluding carboxylic acids is 2. The third kappa shape index (κ3) is 4.36. The third-order valence-electron chi connectivity index (χ3n) is 5.90. The molecule has 6 nitrogen and oxygen atoms in total. The fourth-order valence-electron chi connectivity index (χ4n) is 4.39. The quantitative estimate of drug-likeness (QED) is 0.861. The summed E-state index contributed by atoms with van der Waals surface area (Å²) in [6.07, 6.45) is 2.46. The molecule has 0 bridgehead atoms. The van der Waals surface area contributed by atoms with Gasteiger partial charge in [-0.1, -0.05) is 36.4 Å². The molecule has 0 saturated carbocycles. The van der Waals surface area contributed by atoms with E-state index in [2.05, 4.69) is 17.4 Å². The van der Waals surface area contributed by atoms with Gasteiger partial charge < -0.3 is 19.9 Å². The van der Waals surface area contributed by atoms with Crippen molar-refractivity contribution >= 4 is 17.6 Å². The molecule has 2 aliphatic heterocycles. The Morgan fingerprint density at radius 3 is 2.76 bits per heavy atom. The van der Waals surface area contributed by atoms with Gasteiger partial charge in [0.25, 0.3) is 0 Å². The Morgan fingerprint density at radius 1 is 1.14 bits per heavy atom. The lowest BCUT2D eigenvalue weighted by Gasteiger charge is -2.30. The van der Waals surface area contributed by atoms with E-state index in [1.54, 1.807) is 13.2 Å². The Morgan fingerprint density at radius 2 is 1.97 bits per heavy atom. The summed E-state index contributed by atoms with van der Waals surface area (Å²) >= 11 is 0. The van der Waals surface area contributed by atoms with Crippen molar-refractivity contribution in [3.63, 3.8) is 0 Å². The molecule has 2 saturated heterocycles. The van der Waals surface area contributed by atoms with E-state index in [9.17, 15) is 9.59 Å². The highest BCUT2D eigenvalue weighted by Crippen LogP contribution is 2.32. The number of anilines is 1. The SMILES string of the molecule is COc1cccc(NC(=O)N2C[C@H]3CCCC(=O)N(Cc4ccccc4)[C@H]3C2)c1. The first-order chi connectivity index (χ1) is 14.1. The maximum atomic E-state index is 12.9. The maximum absolute atomic E-state index is 12.9. The van der Waals surface area contributed by atoms with Gasteiger partial charge in [-0.3, -0.25) is 4.79 Å². The molecule has 152 valence electrons. The predicted molar refractivity (Wildman–Crippen MR) is 112 cm³/mol. The van der Waals surface area contributed by atoms with E-state index in [4.69, 9.17) is 4.74 Å². The molecule has 2 aromatic carbocycles. The number of methoxy groups -OCH3 is 1. The van der Waals surface area contributed by atoms with Crippen molar-refractivity contribution in [2.24, 2.45) is 5.92 Å². The maximum Gasteiger partial charge on any atom is 0.321 e. The molecule has 4 rings (SSSR count). The summed E-state index contributed by atoms with van der Waals surface area (Å²) in [6, 6.07) is 17.4. The smallest absolute Gasteiger partial charge is 0.321 e. The fourth-order valence-corrected chi connectivity index (χ4v) is 4.39. The lowest BCUT2D eigenvalue weighted by Crippen LogP contribution is -2.43. The minimum atomic E-state index is -0.126. The second kappa shape index (κ2) is 8.55. The van der Waals surface area contributed by atoms with Crippen LogP contribution in [0, 0.1) is 5.92 Å². The number of urea groups is 1.